The summed E-state index contributed by atoms with van der Waals surface area (Å²) in [6.07, 6.45) is 2.06. The number of nitro groups is 1. The molecular weight excluding hydrogens is 518 g/mol. The van der Waals surface area contributed by atoms with Gasteiger partial charge in [0.2, 0.25) is 5.91 Å². The molecule has 0 spiro atoms. The van der Waals surface area contributed by atoms with E-state index in [0.717, 1.165) is 18.2 Å². The maximum absolute atomic E-state index is 11.9. The Kier molecular flexibility index (Phi) is 11.0. The second kappa shape index (κ2) is 14.1. The number of hydrogen-bond acceptors (Lipinski definition) is 12. The molecule has 0 aliphatic rings. The average molecular weight is 544 g/mol. The van der Waals surface area contributed by atoms with Crippen LogP contribution in [0.2, 0.25) is 0 Å². The van der Waals surface area contributed by atoms with Crippen LogP contribution in [0.15, 0.2) is 59.8 Å². The first kappa shape index (κ1) is 29.5. The van der Waals surface area contributed by atoms with Crippen LogP contribution < -0.4 is 10.2 Å². The van der Waals surface area contributed by atoms with Gasteiger partial charge in [-0.3, -0.25) is 19.7 Å². The molecule has 0 atom stereocenters. The maximum atomic E-state index is 11.9. The molecule has 13 nitrogen and oxygen atoms in total. The van der Waals surface area contributed by atoms with Crippen molar-refractivity contribution >= 4 is 62.0 Å². The van der Waals surface area contributed by atoms with Crippen molar-refractivity contribution < 1.29 is 33.6 Å². The number of ketones is 1. The lowest BCUT2D eigenvalue weighted by Gasteiger charge is -2.25. The Hall–Kier alpha value is -4.72. The van der Waals surface area contributed by atoms with Crippen molar-refractivity contribution in [2.45, 2.75) is 13.8 Å². The molecule has 0 saturated carbocycles. The number of carbonyl (C=O) groups is 4. The number of benzene rings is 1. The normalized spacial score (nSPS) is 10.5. The van der Waals surface area contributed by atoms with Gasteiger partial charge in [-0.2, -0.15) is 0 Å². The third-order valence-electron chi connectivity index (χ3n) is 4.71. The zero-order valence-corrected chi connectivity index (χ0v) is 21.5. The molecule has 0 radical (unpaired) electrons. The topological polar surface area (TPSA) is 170 Å². The second-order valence-electron chi connectivity index (χ2n) is 7.43. The molecular formula is C24H25N5O8S. The van der Waals surface area contributed by atoms with Gasteiger partial charge in [-0.25, -0.2) is 9.59 Å². The Morgan fingerprint density at radius 3 is 2.16 bits per heavy atom. The fraction of sp³-hybridized carbons (Fsp3) is 0.250. The Labute approximate surface area is 221 Å². The third-order valence-corrected chi connectivity index (χ3v) is 5.68. The van der Waals surface area contributed by atoms with E-state index in [4.69, 9.17) is 9.47 Å². The van der Waals surface area contributed by atoms with E-state index in [9.17, 15) is 29.3 Å². The first-order chi connectivity index (χ1) is 18.0. The van der Waals surface area contributed by atoms with Crippen LogP contribution >= 0.6 is 11.3 Å². The summed E-state index contributed by atoms with van der Waals surface area (Å²) in [6.45, 7) is 9.67. The van der Waals surface area contributed by atoms with Gasteiger partial charge in [0, 0.05) is 30.8 Å². The molecule has 1 N–H and O–H groups in total. The summed E-state index contributed by atoms with van der Waals surface area (Å²) < 4.78 is 10.1. The standard InChI is InChI=1S/C24H25N5O8S/c1-5-22(32)36-11-9-28(10-12-37-23(33)6-2)17-7-8-19(20(13-17)25-16(4)31)26-27-24-18(15(3)30)14-21(38-24)29(34)35/h5-8,13-14H,1-2,9-12H2,3-4H3,(H,25,31). The van der Waals surface area contributed by atoms with Crippen molar-refractivity contribution in [3.05, 3.63) is 65.3 Å². The summed E-state index contributed by atoms with van der Waals surface area (Å²) in [7, 11) is 0. The van der Waals surface area contributed by atoms with Crippen LogP contribution in [0.3, 0.4) is 0 Å². The minimum absolute atomic E-state index is 0.00215. The van der Waals surface area contributed by atoms with Crippen molar-refractivity contribution in [1.29, 1.82) is 0 Å². The molecule has 0 aliphatic carbocycles. The predicted octanol–water partition coefficient (Wildman–Crippen LogP) is 4.50. The highest BCUT2D eigenvalue weighted by Gasteiger charge is 2.20. The summed E-state index contributed by atoms with van der Waals surface area (Å²) in [4.78, 5) is 58.8. The van der Waals surface area contributed by atoms with E-state index in [1.165, 1.54) is 19.9 Å². The van der Waals surface area contributed by atoms with Gasteiger partial charge in [0.15, 0.2) is 10.8 Å². The minimum atomic E-state index is -0.624. The van der Waals surface area contributed by atoms with E-state index in [-0.39, 0.29) is 53.2 Å². The number of ether oxygens (including phenoxy) is 2. The zero-order chi connectivity index (χ0) is 28.2. The summed E-state index contributed by atoms with van der Waals surface area (Å²) in [5, 5.41) is 21.7. The molecule has 38 heavy (non-hydrogen) atoms. The van der Waals surface area contributed by atoms with E-state index in [0.29, 0.717) is 17.0 Å². The largest absolute Gasteiger partial charge is 0.461 e. The molecule has 1 aromatic carbocycles. The second-order valence-corrected chi connectivity index (χ2v) is 8.44. The Morgan fingerprint density at radius 1 is 1.05 bits per heavy atom. The van der Waals surface area contributed by atoms with Crippen LogP contribution in [0.5, 0.6) is 0 Å². The molecule has 14 heteroatoms. The van der Waals surface area contributed by atoms with E-state index in [1.807, 2.05) is 0 Å². The molecule has 1 aromatic heterocycles. The highest BCUT2D eigenvalue weighted by molar-refractivity contribution is 7.19. The number of azo groups is 1. The smallest absolute Gasteiger partial charge is 0.330 e. The highest BCUT2D eigenvalue weighted by Crippen LogP contribution is 2.38. The number of rotatable bonds is 14. The fourth-order valence-electron chi connectivity index (χ4n) is 2.98. The van der Waals surface area contributed by atoms with Gasteiger partial charge in [0.05, 0.1) is 29.3 Å². The number of anilines is 2. The van der Waals surface area contributed by atoms with Crippen LogP contribution in [0, 0.1) is 10.1 Å². The summed E-state index contributed by atoms with van der Waals surface area (Å²) in [5.41, 5.74) is 1.08. The molecule has 0 bridgehead atoms. The zero-order valence-electron chi connectivity index (χ0n) is 20.7. The van der Waals surface area contributed by atoms with Crippen LogP contribution in [0.4, 0.5) is 27.1 Å². The predicted molar refractivity (Wildman–Crippen MR) is 140 cm³/mol. The molecule has 0 saturated heterocycles. The van der Waals surface area contributed by atoms with Crippen LogP contribution in [-0.4, -0.2) is 54.9 Å². The quantitative estimate of drug-likeness (QED) is 0.0900. The maximum Gasteiger partial charge on any atom is 0.330 e. The molecule has 1 heterocycles. The van der Waals surface area contributed by atoms with E-state index >= 15 is 0 Å². The van der Waals surface area contributed by atoms with Gasteiger partial charge >= 0.3 is 16.9 Å². The number of esters is 2. The number of nitrogens with zero attached hydrogens (tertiary/aromatic N) is 4. The summed E-state index contributed by atoms with van der Waals surface area (Å²) in [6, 6.07) is 5.91. The molecule has 200 valence electrons. The Bertz CT molecular complexity index is 1260. The van der Waals surface area contributed by atoms with Crippen LogP contribution in [0.25, 0.3) is 0 Å². The van der Waals surface area contributed by atoms with Crippen molar-refractivity contribution in [3.8, 4) is 0 Å². The Morgan fingerprint density at radius 2 is 1.66 bits per heavy atom. The van der Waals surface area contributed by atoms with E-state index in [2.05, 4.69) is 28.7 Å². The SMILES string of the molecule is C=CC(=O)OCCN(CCOC(=O)C=C)c1ccc(N=Nc2sc([N+](=O)[O-])cc2C(C)=O)c(NC(C)=O)c1. The van der Waals surface area contributed by atoms with Crippen molar-refractivity contribution in [2.24, 2.45) is 10.2 Å². The van der Waals surface area contributed by atoms with Crippen molar-refractivity contribution in [2.75, 3.05) is 36.5 Å². The number of nitrogens with one attached hydrogen (secondary N) is 1. The summed E-state index contributed by atoms with van der Waals surface area (Å²) in [5.74, 6) is -2.01. The lowest BCUT2D eigenvalue weighted by atomic mass is 10.2. The molecule has 0 fully saturated rings. The van der Waals surface area contributed by atoms with Gasteiger partial charge in [-0.15, -0.1) is 10.2 Å². The number of amides is 1. The first-order valence-corrected chi connectivity index (χ1v) is 11.8. The number of hydrogen-bond donors (Lipinski definition) is 1. The van der Waals surface area contributed by atoms with E-state index < -0.39 is 28.6 Å². The van der Waals surface area contributed by atoms with Gasteiger partial charge in [-0.1, -0.05) is 13.2 Å². The van der Waals surface area contributed by atoms with Gasteiger partial charge in [0.25, 0.3) is 0 Å². The van der Waals surface area contributed by atoms with Crippen molar-refractivity contribution in [3.63, 3.8) is 0 Å². The number of Topliss-reactive ketones (excluding diaryl/α,β-unsaturated/α-hetero) is 1. The minimum Gasteiger partial charge on any atom is -0.461 e. The monoisotopic (exact) mass is 543 g/mol. The lowest BCUT2D eigenvalue weighted by molar-refractivity contribution is -0.380. The highest BCUT2D eigenvalue weighted by atomic mass is 32.1. The summed E-state index contributed by atoms with van der Waals surface area (Å²) >= 11 is 0.697. The molecule has 0 aliphatic heterocycles. The molecule has 1 amide bonds. The molecule has 2 aromatic rings. The lowest BCUT2D eigenvalue weighted by Crippen LogP contribution is -2.32. The number of thiophene rings is 1. The van der Waals surface area contributed by atoms with Crippen LogP contribution in [0.1, 0.15) is 24.2 Å². The first-order valence-electron chi connectivity index (χ1n) is 11.0. The van der Waals surface area contributed by atoms with Gasteiger partial charge in [0.1, 0.15) is 18.9 Å². The van der Waals surface area contributed by atoms with Gasteiger partial charge < -0.3 is 19.7 Å². The fourth-order valence-corrected chi connectivity index (χ4v) is 3.83. The number of carbonyl (C=O) groups excluding carboxylic acids is 4. The molecule has 2 rings (SSSR count). The Balaban J connectivity index is 2.39. The van der Waals surface area contributed by atoms with Crippen molar-refractivity contribution in [1.82, 2.24) is 0 Å². The van der Waals surface area contributed by atoms with E-state index in [1.54, 1.807) is 17.0 Å². The van der Waals surface area contributed by atoms with Crippen LogP contribution in [-0.2, 0) is 23.9 Å². The third kappa shape index (κ3) is 8.74. The van der Waals surface area contributed by atoms with Gasteiger partial charge in [-0.05, 0) is 36.5 Å². The molecule has 0 unspecified atom stereocenters. The average Bonchev–Trinajstić information content (AvgIpc) is 3.31.